The second kappa shape index (κ2) is 31.2. The highest BCUT2D eigenvalue weighted by atomic mass is 31.2. The molecule has 0 aliphatic rings. The maximum absolute atomic E-state index is 12.6. The number of carbonyl (C=O) groups excluding carboxylic acids is 2. The molecule has 9 nitrogen and oxygen atoms in total. The van der Waals surface area contributed by atoms with Gasteiger partial charge in [0.2, 0.25) is 0 Å². The van der Waals surface area contributed by atoms with Crippen LogP contribution >= 0.6 is 7.82 Å². The zero-order valence-corrected chi connectivity index (χ0v) is 32.1. The van der Waals surface area contributed by atoms with Crippen LogP contribution in [0, 0.1) is 0 Å². The maximum Gasteiger partial charge on any atom is 0.472 e. The van der Waals surface area contributed by atoms with Gasteiger partial charge >= 0.3 is 19.8 Å². The first-order valence-electron chi connectivity index (χ1n) is 18.7. The summed E-state index contributed by atoms with van der Waals surface area (Å²) in [6.45, 7) is 4.27. The highest BCUT2D eigenvalue weighted by Crippen LogP contribution is 2.43. The predicted molar refractivity (Wildman–Crippen MR) is 197 cm³/mol. The molecule has 0 saturated carbocycles. The molecule has 2 atom stereocenters. The molecule has 0 heterocycles. The lowest BCUT2D eigenvalue weighted by Gasteiger charge is -2.24. The Balaban J connectivity index is 4.56. The average Bonchev–Trinajstić information content (AvgIpc) is 3.02. The summed E-state index contributed by atoms with van der Waals surface area (Å²) in [5.41, 5.74) is 0. The maximum atomic E-state index is 12.6. The summed E-state index contributed by atoms with van der Waals surface area (Å²) >= 11 is 0. The quantitative estimate of drug-likeness (QED) is 0.0237. The van der Waals surface area contributed by atoms with Crippen LogP contribution in [-0.4, -0.2) is 74.9 Å². The fourth-order valence-corrected chi connectivity index (χ4v) is 5.38. The molecule has 1 N–H and O–H groups in total. The van der Waals surface area contributed by atoms with Crippen LogP contribution < -0.4 is 0 Å². The summed E-state index contributed by atoms with van der Waals surface area (Å²) in [4.78, 5) is 35.1. The molecule has 0 aromatic carbocycles. The fraction of sp³-hybridized carbons (Fsp3) is 0.789. The van der Waals surface area contributed by atoms with Gasteiger partial charge in [0.05, 0.1) is 27.7 Å². The van der Waals surface area contributed by atoms with E-state index in [1.54, 1.807) is 0 Å². The summed E-state index contributed by atoms with van der Waals surface area (Å²) in [6, 6.07) is 0. The van der Waals surface area contributed by atoms with E-state index in [1.165, 1.54) is 51.4 Å². The summed E-state index contributed by atoms with van der Waals surface area (Å²) in [7, 11) is 1.44. The molecule has 0 spiro atoms. The monoisotopic (exact) mass is 700 g/mol. The second-order valence-corrected chi connectivity index (χ2v) is 15.1. The van der Waals surface area contributed by atoms with E-state index in [2.05, 4.69) is 38.2 Å². The molecular formula is C38H71NO8P+. The van der Waals surface area contributed by atoms with Crippen LogP contribution in [-0.2, 0) is 32.7 Å². The third-order valence-electron chi connectivity index (χ3n) is 7.66. The summed E-state index contributed by atoms with van der Waals surface area (Å²) < 4.78 is 34.0. The van der Waals surface area contributed by atoms with Crippen molar-refractivity contribution in [3.63, 3.8) is 0 Å². The van der Waals surface area contributed by atoms with Crippen molar-refractivity contribution >= 4 is 19.8 Å². The Morgan fingerprint density at radius 2 is 1.19 bits per heavy atom. The zero-order valence-electron chi connectivity index (χ0n) is 31.2. The van der Waals surface area contributed by atoms with Crippen LogP contribution in [0.3, 0.4) is 0 Å². The first-order chi connectivity index (χ1) is 23.0. The number of quaternary nitrogens is 1. The van der Waals surface area contributed by atoms with Crippen LogP contribution in [0.25, 0.3) is 0 Å². The minimum Gasteiger partial charge on any atom is -0.462 e. The van der Waals surface area contributed by atoms with E-state index < -0.39 is 32.5 Å². The van der Waals surface area contributed by atoms with E-state index in [-0.39, 0.29) is 26.1 Å². The predicted octanol–water partition coefficient (Wildman–Crippen LogP) is 9.79. The van der Waals surface area contributed by atoms with Crippen LogP contribution in [0.15, 0.2) is 36.5 Å². The molecule has 0 bridgehead atoms. The first-order valence-corrected chi connectivity index (χ1v) is 20.2. The van der Waals surface area contributed by atoms with Crippen molar-refractivity contribution in [1.82, 2.24) is 0 Å². The number of carbonyl (C=O) groups is 2. The van der Waals surface area contributed by atoms with Gasteiger partial charge in [-0.25, -0.2) is 4.57 Å². The molecule has 0 aliphatic carbocycles. The van der Waals surface area contributed by atoms with Crippen LogP contribution in [0.5, 0.6) is 0 Å². The minimum absolute atomic E-state index is 0.0208. The Kier molecular flexibility index (Phi) is 30.1. The third kappa shape index (κ3) is 34.1. The van der Waals surface area contributed by atoms with Gasteiger partial charge in [-0.05, 0) is 51.4 Å². The van der Waals surface area contributed by atoms with Crippen molar-refractivity contribution in [1.29, 1.82) is 0 Å². The number of allylic oxidation sites excluding steroid dienone is 6. The Bertz CT molecular complexity index is 928. The molecule has 0 aliphatic heterocycles. The Morgan fingerprint density at radius 1 is 0.646 bits per heavy atom. The molecule has 0 amide bonds. The molecule has 2 unspecified atom stereocenters. The van der Waals surface area contributed by atoms with E-state index in [1.807, 2.05) is 33.3 Å². The normalized spacial score (nSPS) is 14.2. The number of phosphoric ester groups is 1. The van der Waals surface area contributed by atoms with Gasteiger partial charge < -0.3 is 18.9 Å². The molecule has 0 rings (SSSR count). The molecule has 0 aromatic heterocycles. The lowest BCUT2D eigenvalue weighted by atomic mass is 10.1. The summed E-state index contributed by atoms with van der Waals surface area (Å²) in [6.07, 6.45) is 32.1. The smallest absolute Gasteiger partial charge is 0.462 e. The molecule has 0 radical (unpaired) electrons. The number of phosphoric acid groups is 1. The summed E-state index contributed by atoms with van der Waals surface area (Å²) in [5.74, 6) is -0.893. The highest BCUT2D eigenvalue weighted by molar-refractivity contribution is 7.47. The van der Waals surface area contributed by atoms with Gasteiger partial charge in [0.25, 0.3) is 0 Å². The van der Waals surface area contributed by atoms with E-state index in [0.717, 1.165) is 57.8 Å². The van der Waals surface area contributed by atoms with Crippen molar-refractivity contribution < 1.29 is 42.1 Å². The topological polar surface area (TPSA) is 108 Å². The first kappa shape index (κ1) is 46.2. The lowest BCUT2D eigenvalue weighted by Crippen LogP contribution is -2.37. The van der Waals surface area contributed by atoms with Crippen molar-refractivity contribution in [3.05, 3.63) is 36.5 Å². The zero-order chi connectivity index (χ0) is 35.8. The van der Waals surface area contributed by atoms with Crippen molar-refractivity contribution in [2.24, 2.45) is 0 Å². The number of hydrogen-bond donors (Lipinski definition) is 1. The number of hydrogen-bond acceptors (Lipinski definition) is 7. The fourth-order valence-electron chi connectivity index (χ4n) is 4.63. The van der Waals surface area contributed by atoms with Crippen molar-refractivity contribution in [2.45, 2.75) is 148 Å². The Morgan fingerprint density at radius 3 is 1.81 bits per heavy atom. The number of unbranched alkanes of at least 4 members (excludes halogenated alkanes) is 13. The molecular weight excluding hydrogens is 629 g/mol. The van der Waals surface area contributed by atoms with E-state index in [0.29, 0.717) is 17.4 Å². The Labute approximate surface area is 293 Å². The van der Waals surface area contributed by atoms with Gasteiger partial charge in [0.15, 0.2) is 6.10 Å². The number of nitrogens with zero attached hydrogens (tertiary/aromatic N) is 1. The largest absolute Gasteiger partial charge is 0.472 e. The van der Waals surface area contributed by atoms with Crippen molar-refractivity contribution in [3.8, 4) is 0 Å². The minimum atomic E-state index is -4.38. The molecule has 48 heavy (non-hydrogen) atoms. The second-order valence-electron chi connectivity index (χ2n) is 13.6. The molecule has 0 saturated heterocycles. The van der Waals surface area contributed by atoms with Crippen LogP contribution in [0.2, 0.25) is 0 Å². The van der Waals surface area contributed by atoms with Crippen LogP contribution in [0.1, 0.15) is 142 Å². The molecule has 10 heteroatoms. The number of esters is 2. The van der Waals surface area contributed by atoms with E-state index >= 15 is 0 Å². The number of likely N-dealkylation sites (N-methyl/N-ethyl adjacent to an activating group) is 1. The number of rotatable bonds is 33. The van der Waals surface area contributed by atoms with E-state index in [9.17, 15) is 19.0 Å². The molecule has 0 fully saturated rings. The number of ether oxygens (including phenoxy) is 2. The summed E-state index contributed by atoms with van der Waals surface area (Å²) in [5, 5.41) is 0. The van der Waals surface area contributed by atoms with E-state index in [4.69, 9.17) is 18.5 Å². The van der Waals surface area contributed by atoms with Crippen molar-refractivity contribution in [2.75, 3.05) is 47.5 Å². The third-order valence-corrected chi connectivity index (χ3v) is 8.64. The van der Waals surface area contributed by atoms with Gasteiger partial charge in [-0.15, -0.1) is 0 Å². The SMILES string of the molecule is CCCC/C=C/CCCCCCCC(=O)OCC(COP(=O)(O)OCC[N+](C)(C)C)OC(=O)CC/C=C/C/C=C/CCCCCCCC. The van der Waals surface area contributed by atoms with Gasteiger partial charge in [-0.3, -0.25) is 18.6 Å². The Hall–Kier alpha value is -1.77. The average molecular weight is 701 g/mol. The van der Waals surface area contributed by atoms with Gasteiger partial charge in [0.1, 0.15) is 19.8 Å². The van der Waals surface area contributed by atoms with Gasteiger partial charge in [0, 0.05) is 12.8 Å². The lowest BCUT2D eigenvalue weighted by molar-refractivity contribution is -0.870. The molecule has 0 aromatic rings. The standard InChI is InChI=1S/C38H70NO8P/c1-6-8-10-12-14-16-18-19-21-23-25-27-29-31-38(41)47-36(35-46-48(42,43)45-33-32-39(3,4)5)34-44-37(40)30-28-26-24-22-20-17-15-13-11-9-7-2/h13,15,19,21,25,27,36H,6-12,14,16-18,20,22-24,26,28-35H2,1-5H3/p+1/b15-13+,21-19+,27-25+. The van der Waals surface area contributed by atoms with Gasteiger partial charge in [-0.2, -0.15) is 0 Å². The molecule has 280 valence electrons. The highest BCUT2D eigenvalue weighted by Gasteiger charge is 2.27. The van der Waals surface area contributed by atoms with Gasteiger partial charge in [-0.1, -0.05) is 115 Å². The van der Waals surface area contributed by atoms with Crippen LogP contribution in [0.4, 0.5) is 0 Å².